The smallest absolute Gasteiger partial charge is 0.395 e. The number of aliphatic hydroxyl groups is 2. The Kier molecular flexibility index (Phi) is 10.2. The van der Waals surface area contributed by atoms with Crippen LogP contribution in [0.3, 0.4) is 0 Å². The second kappa shape index (κ2) is 13.8. The van der Waals surface area contributed by atoms with E-state index in [-0.39, 0.29) is 23.1 Å². The molecule has 1 unspecified atom stereocenters. The molecular formula is C25H24ClN6O10P. The first-order valence-electron chi connectivity index (χ1n) is 12.4. The maximum Gasteiger partial charge on any atom is 0.395 e. The van der Waals surface area contributed by atoms with Crippen molar-refractivity contribution in [2.24, 2.45) is 9.86 Å². The molecule has 2 aromatic carbocycles. The molecule has 18 heteroatoms. The zero-order valence-corrected chi connectivity index (χ0v) is 23.9. The van der Waals surface area contributed by atoms with E-state index in [1.54, 1.807) is 24.3 Å². The lowest BCUT2D eigenvalue weighted by Gasteiger charge is -2.26. The summed E-state index contributed by atoms with van der Waals surface area (Å²) in [6.07, 6.45) is -4.27. The number of hydrogen-bond acceptors (Lipinski definition) is 12. The molecule has 3 aromatic rings. The fraction of sp³-hybridized carbons (Fsp3) is 0.320. The monoisotopic (exact) mass is 634 g/mol. The number of aliphatic hydroxyl groups excluding tert-OH is 2. The topological polar surface area (TPSA) is 233 Å². The molecule has 2 heterocycles. The minimum atomic E-state index is -2.84. The molecule has 0 amide bonds. The molecule has 6 atom stereocenters. The maximum atomic E-state index is 12.7. The lowest BCUT2D eigenvalue weighted by Crippen LogP contribution is -2.46. The molecule has 226 valence electrons. The number of ether oxygens (including phenoxy) is 3. The predicted molar refractivity (Wildman–Crippen MR) is 148 cm³/mol. The van der Waals surface area contributed by atoms with Gasteiger partial charge in [0.25, 0.3) is 5.56 Å². The van der Waals surface area contributed by atoms with Crippen LogP contribution in [0.5, 0.6) is 11.5 Å². The SMILES string of the molecule is C[C@@H](N=[P+]([O-])Oc1ccc(Cl)cc1OC[C@@]1(N=[N+]=[N-])O[C@@H](n2ccc(=O)[nH]c2=O)[C@H](O)[C@@H]1O)C(=O)OCc1ccccc1. The number of halogens is 1. The van der Waals surface area contributed by atoms with E-state index >= 15 is 0 Å². The summed E-state index contributed by atoms with van der Waals surface area (Å²) >= 11 is 6.08. The van der Waals surface area contributed by atoms with Crippen molar-refractivity contribution in [2.75, 3.05) is 6.61 Å². The Labute approximate surface area is 248 Å². The van der Waals surface area contributed by atoms with Crippen LogP contribution < -0.4 is 25.4 Å². The summed E-state index contributed by atoms with van der Waals surface area (Å²) in [4.78, 5) is 53.3. The van der Waals surface area contributed by atoms with Gasteiger partial charge in [-0.15, -0.1) is 0 Å². The number of azide groups is 1. The third kappa shape index (κ3) is 7.58. The average molecular weight is 635 g/mol. The van der Waals surface area contributed by atoms with Crippen molar-refractivity contribution in [3.8, 4) is 11.5 Å². The molecule has 1 aliphatic rings. The number of benzene rings is 2. The van der Waals surface area contributed by atoms with Crippen LogP contribution in [0, 0.1) is 0 Å². The zero-order valence-electron chi connectivity index (χ0n) is 22.2. The number of esters is 1. The van der Waals surface area contributed by atoms with Gasteiger partial charge in [0, 0.05) is 28.3 Å². The van der Waals surface area contributed by atoms with Crippen molar-refractivity contribution in [1.82, 2.24) is 9.55 Å². The van der Waals surface area contributed by atoms with Crippen LogP contribution >= 0.6 is 19.8 Å². The summed E-state index contributed by atoms with van der Waals surface area (Å²) in [6.45, 7) is 0.622. The number of aromatic nitrogens is 2. The van der Waals surface area contributed by atoms with Crippen molar-refractivity contribution >= 4 is 25.7 Å². The molecular weight excluding hydrogens is 611 g/mol. The summed E-state index contributed by atoms with van der Waals surface area (Å²) in [6, 6.07) is 12.7. The number of nitrogens with one attached hydrogen (secondary N) is 1. The molecule has 1 aliphatic heterocycles. The van der Waals surface area contributed by atoms with Gasteiger partial charge in [-0.3, -0.25) is 18.9 Å². The Morgan fingerprint density at radius 1 is 1.26 bits per heavy atom. The van der Waals surface area contributed by atoms with E-state index < -0.39 is 62.2 Å². The number of carbonyl (C=O) groups is 1. The van der Waals surface area contributed by atoms with Crippen LogP contribution in [0.4, 0.5) is 0 Å². The van der Waals surface area contributed by atoms with E-state index in [2.05, 4.69) is 14.8 Å². The first-order chi connectivity index (χ1) is 20.5. The Bertz CT molecular complexity index is 1660. The highest BCUT2D eigenvalue weighted by Gasteiger charge is 2.56. The van der Waals surface area contributed by atoms with E-state index in [4.69, 9.17) is 35.9 Å². The largest absolute Gasteiger partial charge is 0.575 e. The summed E-state index contributed by atoms with van der Waals surface area (Å²) in [7, 11) is -2.84. The fourth-order valence-corrected chi connectivity index (χ4v) is 4.83. The number of carbonyl (C=O) groups excluding carboxylic acids is 1. The Morgan fingerprint density at radius 3 is 2.70 bits per heavy atom. The van der Waals surface area contributed by atoms with Crippen molar-refractivity contribution in [1.29, 1.82) is 0 Å². The second-order valence-corrected chi connectivity index (χ2v) is 10.4. The standard InChI is InChI=1S/C25H24ClN6O10P/c1-14(23(36)39-12-15-5-3-2-4-6-15)29-43(38)42-17-8-7-16(26)11-18(17)40-13-25(30-31-27)21(35)20(34)22(41-25)32-10-9-19(33)28-24(32)37/h2-11,14,20-22,34-35H,12-13H2,1H3,(H,28,33,37)/t14-,20-,21+,22-,25-/m1/s1. The fourth-order valence-electron chi connectivity index (χ4n) is 3.92. The molecule has 0 bridgehead atoms. The number of H-pyrrole nitrogens is 1. The highest BCUT2D eigenvalue weighted by molar-refractivity contribution is 7.34. The molecule has 0 radical (unpaired) electrons. The van der Waals surface area contributed by atoms with Gasteiger partial charge in [0.2, 0.25) is 11.5 Å². The van der Waals surface area contributed by atoms with E-state index in [1.165, 1.54) is 25.1 Å². The Balaban J connectivity index is 1.49. The molecule has 43 heavy (non-hydrogen) atoms. The Morgan fingerprint density at radius 2 is 2.00 bits per heavy atom. The average Bonchev–Trinajstić information content (AvgIpc) is 3.22. The minimum Gasteiger partial charge on any atom is -0.575 e. The lowest BCUT2D eigenvalue weighted by molar-refractivity contribution is -0.170. The number of rotatable bonds is 11. The van der Waals surface area contributed by atoms with Gasteiger partial charge in [0.15, 0.2) is 18.0 Å². The van der Waals surface area contributed by atoms with Crippen LogP contribution in [0.25, 0.3) is 10.4 Å². The third-order valence-electron chi connectivity index (χ3n) is 6.09. The van der Waals surface area contributed by atoms with Crippen LogP contribution in [-0.2, 0) is 20.9 Å². The van der Waals surface area contributed by atoms with Crippen molar-refractivity contribution in [3.63, 3.8) is 0 Å². The highest BCUT2D eigenvalue weighted by atomic mass is 35.5. The third-order valence-corrected chi connectivity index (χ3v) is 7.21. The van der Waals surface area contributed by atoms with Crippen molar-refractivity contribution < 1.29 is 38.6 Å². The normalized spacial score (nSPS) is 22.3. The van der Waals surface area contributed by atoms with E-state index in [1.807, 2.05) is 11.1 Å². The number of nitrogens with zero attached hydrogens (tertiary/aromatic N) is 5. The quantitative estimate of drug-likeness (QED) is 0.0910. The van der Waals surface area contributed by atoms with Gasteiger partial charge < -0.3 is 29.3 Å². The van der Waals surface area contributed by atoms with Crippen LogP contribution in [0.1, 0.15) is 18.7 Å². The minimum absolute atomic E-state index is 0.000401. The highest BCUT2D eigenvalue weighted by Crippen LogP contribution is 2.41. The van der Waals surface area contributed by atoms with Gasteiger partial charge in [-0.2, -0.15) is 0 Å². The van der Waals surface area contributed by atoms with Gasteiger partial charge in [-0.1, -0.05) is 51.8 Å². The van der Waals surface area contributed by atoms with E-state index in [0.717, 1.165) is 22.4 Å². The summed E-state index contributed by atoms with van der Waals surface area (Å²) in [5.41, 5.74) is 5.97. The molecule has 4 rings (SSSR count). The van der Waals surface area contributed by atoms with Gasteiger partial charge in [-0.25, -0.2) is 9.59 Å². The van der Waals surface area contributed by atoms with Crippen LogP contribution in [-0.4, -0.2) is 56.3 Å². The second-order valence-electron chi connectivity index (χ2n) is 9.09. The van der Waals surface area contributed by atoms with Crippen LogP contribution in [0.2, 0.25) is 5.02 Å². The number of hydrogen-bond donors (Lipinski definition) is 3. The van der Waals surface area contributed by atoms with Gasteiger partial charge in [0.05, 0.1) is 0 Å². The molecule has 1 fully saturated rings. The zero-order chi connectivity index (χ0) is 31.1. The first kappa shape index (κ1) is 31.7. The number of aromatic amines is 1. The predicted octanol–water partition coefficient (Wildman–Crippen LogP) is 1.89. The first-order valence-corrected chi connectivity index (χ1v) is 13.9. The lowest BCUT2D eigenvalue weighted by atomic mass is 10.1. The molecule has 0 spiro atoms. The molecule has 0 aliphatic carbocycles. The summed E-state index contributed by atoms with van der Waals surface area (Å²) < 4.78 is 26.5. The van der Waals surface area contributed by atoms with E-state index in [9.17, 15) is 29.5 Å². The van der Waals surface area contributed by atoms with Crippen LogP contribution in [0.15, 0.2) is 80.2 Å². The summed E-state index contributed by atoms with van der Waals surface area (Å²) in [5, 5.41) is 25.0. The van der Waals surface area contributed by atoms with E-state index in [0.29, 0.717) is 0 Å². The maximum absolute atomic E-state index is 12.7. The Hall–Kier alpha value is -4.27. The van der Waals surface area contributed by atoms with Crippen molar-refractivity contribution in [2.45, 2.75) is 43.7 Å². The van der Waals surface area contributed by atoms with Gasteiger partial charge >= 0.3 is 19.8 Å². The molecule has 0 saturated carbocycles. The summed E-state index contributed by atoms with van der Waals surface area (Å²) in [5.74, 6) is -1.05. The van der Waals surface area contributed by atoms with Gasteiger partial charge in [-0.05, 0) is 30.2 Å². The molecule has 16 nitrogen and oxygen atoms in total. The van der Waals surface area contributed by atoms with Gasteiger partial charge in [0.1, 0.15) is 25.4 Å². The molecule has 1 saturated heterocycles. The molecule has 1 aromatic heterocycles. The molecule has 3 N–H and O–H groups in total. The van der Waals surface area contributed by atoms with Crippen molar-refractivity contribution in [3.05, 3.63) is 103 Å².